The second-order valence-electron chi connectivity index (χ2n) is 4.17. The quantitative estimate of drug-likeness (QED) is 0.584. The van der Waals surface area contributed by atoms with E-state index in [4.69, 9.17) is 10.5 Å². The molecular weight excluding hydrogens is 212 g/mol. The number of hydrogen-bond acceptors (Lipinski definition) is 3. The third-order valence-electron chi connectivity index (χ3n) is 2.92. The Morgan fingerprint density at radius 1 is 1.29 bits per heavy atom. The molecule has 0 saturated heterocycles. The van der Waals surface area contributed by atoms with Crippen LogP contribution in [0.4, 0.5) is 11.4 Å². The highest BCUT2D eigenvalue weighted by Gasteiger charge is 2.05. The standard InChI is InChI=1S/C14H24N2O/c1-4-16(9-6-10-17-5-2)13-7-8-14(15)12(3)11-13/h7-8,11H,4-6,9-10,15H2,1-3H3. The van der Waals surface area contributed by atoms with Crippen LogP contribution in [0.15, 0.2) is 18.2 Å². The first-order chi connectivity index (χ1) is 8.19. The Hall–Kier alpha value is -1.22. The third-order valence-corrected chi connectivity index (χ3v) is 2.92. The van der Waals surface area contributed by atoms with Crippen LogP contribution in [-0.4, -0.2) is 26.3 Å². The SMILES string of the molecule is CCOCCCN(CC)c1ccc(N)c(C)c1. The van der Waals surface area contributed by atoms with E-state index in [9.17, 15) is 0 Å². The minimum absolute atomic E-state index is 0.799. The zero-order valence-electron chi connectivity index (χ0n) is 11.2. The van der Waals surface area contributed by atoms with E-state index >= 15 is 0 Å². The molecule has 17 heavy (non-hydrogen) atoms. The molecule has 2 N–H and O–H groups in total. The first kappa shape index (κ1) is 13.8. The molecule has 1 rings (SSSR count). The highest BCUT2D eigenvalue weighted by atomic mass is 16.5. The lowest BCUT2D eigenvalue weighted by atomic mass is 10.1. The molecule has 0 aliphatic heterocycles. The van der Waals surface area contributed by atoms with Gasteiger partial charge in [-0.1, -0.05) is 0 Å². The molecule has 0 amide bonds. The highest BCUT2D eigenvalue weighted by molar-refractivity contribution is 5.57. The Morgan fingerprint density at radius 2 is 2.06 bits per heavy atom. The summed E-state index contributed by atoms with van der Waals surface area (Å²) < 4.78 is 5.36. The first-order valence-electron chi connectivity index (χ1n) is 6.37. The van der Waals surface area contributed by atoms with Gasteiger partial charge in [0.05, 0.1) is 0 Å². The van der Waals surface area contributed by atoms with Crippen LogP contribution in [0.1, 0.15) is 25.8 Å². The van der Waals surface area contributed by atoms with E-state index in [-0.39, 0.29) is 0 Å². The maximum atomic E-state index is 5.83. The molecule has 0 bridgehead atoms. The summed E-state index contributed by atoms with van der Waals surface area (Å²) in [5, 5.41) is 0. The zero-order chi connectivity index (χ0) is 12.7. The minimum Gasteiger partial charge on any atom is -0.399 e. The van der Waals surface area contributed by atoms with Crippen molar-refractivity contribution in [2.75, 3.05) is 36.9 Å². The molecule has 0 aromatic heterocycles. The van der Waals surface area contributed by atoms with E-state index in [0.29, 0.717) is 0 Å². The molecule has 3 nitrogen and oxygen atoms in total. The van der Waals surface area contributed by atoms with Gasteiger partial charge >= 0.3 is 0 Å². The minimum atomic E-state index is 0.799. The summed E-state index contributed by atoms with van der Waals surface area (Å²) in [5.74, 6) is 0. The van der Waals surface area contributed by atoms with Gasteiger partial charge in [-0.3, -0.25) is 0 Å². The van der Waals surface area contributed by atoms with Gasteiger partial charge in [-0.05, 0) is 51.0 Å². The van der Waals surface area contributed by atoms with E-state index in [1.165, 1.54) is 5.69 Å². The number of benzene rings is 1. The largest absolute Gasteiger partial charge is 0.399 e. The monoisotopic (exact) mass is 236 g/mol. The predicted molar refractivity (Wildman–Crippen MR) is 74.6 cm³/mol. The smallest absolute Gasteiger partial charge is 0.0482 e. The van der Waals surface area contributed by atoms with Gasteiger partial charge in [-0.25, -0.2) is 0 Å². The molecule has 3 heteroatoms. The Labute approximate surface area is 105 Å². The summed E-state index contributed by atoms with van der Waals surface area (Å²) in [6.07, 6.45) is 1.06. The van der Waals surface area contributed by atoms with Gasteiger partial charge in [0.1, 0.15) is 0 Å². The number of nitrogen functional groups attached to an aromatic ring is 1. The number of aryl methyl sites for hydroxylation is 1. The molecular formula is C14H24N2O. The molecule has 96 valence electrons. The third kappa shape index (κ3) is 4.27. The van der Waals surface area contributed by atoms with Crippen molar-refractivity contribution < 1.29 is 4.74 Å². The van der Waals surface area contributed by atoms with Gasteiger partial charge in [0.2, 0.25) is 0 Å². The van der Waals surface area contributed by atoms with Crippen molar-refractivity contribution in [1.29, 1.82) is 0 Å². The molecule has 0 fully saturated rings. The Bertz CT molecular complexity index is 339. The van der Waals surface area contributed by atoms with Crippen LogP contribution in [0.2, 0.25) is 0 Å². The summed E-state index contributed by atoms with van der Waals surface area (Å²) >= 11 is 0. The second-order valence-corrected chi connectivity index (χ2v) is 4.17. The number of anilines is 2. The van der Waals surface area contributed by atoms with Crippen LogP contribution in [0.3, 0.4) is 0 Å². The number of nitrogens with two attached hydrogens (primary N) is 1. The van der Waals surface area contributed by atoms with Crippen LogP contribution in [-0.2, 0) is 4.74 Å². The molecule has 1 aromatic rings. The summed E-state index contributed by atoms with van der Waals surface area (Å²) in [5.41, 5.74) is 9.08. The maximum absolute atomic E-state index is 5.83. The number of hydrogen-bond donors (Lipinski definition) is 1. The molecule has 1 aromatic carbocycles. The highest BCUT2D eigenvalue weighted by Crippen LogP contribution is 2.20. The second kappa shape index (κ2) is 7.17. The number of rotatable bonds is 7. The first-order valence-corrected chi connectivity index (χ1v) is 6.37. The van der Waals surface area contributed by atoms with E-state index < -0.39 is 0 Å². The van der Waals surface area contributed by atoms with Crippen molar-refractivity contribution in [2.24, 2.45) is 0 Å². The van der Waals surface area contributed by atoms with Crippen molar-refractivity contribution in [3.63, 3.8) is 0 Å². The van der Waals surface area contributed by atoms with Gasteiger partial charge in [-0.15, -0.1) is 0 Å². The van der Waals surface area contributed by atoms with Crippen LogP contribution in [0.25, 0.3) is 0 Å². The predicted octanol–water partition coefficient (Wildman–Crippen LogP) is 2.83. The topological polar surface area (TPSA) is 38.5 Å². The molecule has 0 atom stereocenters. The normalized spacial score (nSPS) is 10.5. The lowest BCUT2D eigenvalue weighted by Crippen LogP contribution is -2.25. The van der Waals surface area contributed by atoms with E-state index in [1.807, 2.05) is 19.9 Å². The van der Waals surface area contributed by atoms with Gasteiger partial charge in [0.15, 0.2) is 0 Å². The van der Waals surface area contributed by atoms with E-state index in [1.54, 1.807) is 0 Å². The number of ether oxygens (including phenoxy) is 1. The molecule has 0 saturated carbocycles. The fourth-order valence-electron chi connectivity index (χ4n) is 1.83. The van der Waals surface area contributed by atoms with Crippen LogP contribution in [0, 0.1) is 6.92 Å². The Kier molecular flexibility index (Phi) is 5.84. The van der Waals surface area contributed by atoms with Gasteiger partial charge < -0.3 is 15.4 Å². The summed E-state index contributed by atoms with van der Waals surface area (Å²) in [6.45, 7) is 9.92. The van der Waals surface area contributed by atoms with Crippen molar-refractivity contribution in [2.45, 2.75) is 27.2 Å². The van der Waals surface area contributed by atoms with Crippen LogP contribution >= 0.6 is 0 Å². The molecule has 0 unspecified atom stereocenters. The Balaban J connectivity index is 2.56. The average Bonchev–Trinajstić information content (AvgIpc) is 2.33. The lowest BCUT2D eigenvalue weighted by Gasteiger charge is -2.23. The van der Waals surface area contributed by atoms with E-state index in [0.717, 1.165) is 44.0 Å². The Morgan fingerprint density at radius 3 is 2.65 bits per heavy atom. The van der Waals surface area contributed by atoms with Crippen LogP contribution in [0.5, 0.6) is 0 Å². The summed E-state index contributed by atoms with van der Waals surface area (Å²) in [4.78, 5) is 2.35. The van der Waals surface area contributed by atoms with Crippen molar-refractivity contribution in [1.82, 2.24) is 0 Å². The van der Waals surface area contributed by atoms with Crippen molar-refractivity contribution in [3.05, 3.63) is 23.8 Å². The van der Waals surface area contributed by atoms with Crippen molar-refractivity contribution in [3.8, 4) is 0 Å². The van der Waals surface area contributed by atoms with Crippen molar-refractivity contribution >= 4 is 11.4 Å². The molecule has 0 spiro atoms. The van der Waals surface area contributed by atoms with E-state index in [2.05, 4.69) is 24.0 Å². The number of nitrogens with zero attached hydrogens (tertiary/aromatic N) is 1. The molecule has 0 aliphatic carbocycles. The molecule has 0 aliphatic rings. The lowest BCUT2D eigenvalue weighted by molar-refractivity contribution is 0.146. The van der Waals surface area contributed by atoms with Crippen LogP contribution < -0.4 is 10.6 Å². The molecule has 0 heterocycles. The van der Waals surface area contributed by atoms with Gasteiger partial charge in [0, 0.05) is 37.7 Å². The average molecular weight is 236 g/mol. The zero-order valence-corrected chi connectivity index (χ0v) is 11.2. The van der Waals surface area contributed by atoms with Gasteiger partial charge in [0.25, 0.3) is 0 Å². The van der Waals surface area contributed by atoms with Gasteiger partial charge in [-0.2, -0.15) is 0 Å². The summed E-state index contributed by atoms with van der Waals surface area (Å²) in [7, 11) is 0. The molecule has 0 radical (unpaired) electrons. The fraction of sp³-hybridized carbons (Fsp3) is 0.571. The summed E-state index contributed by atoms with van der Waals surface area (Å²) in [6, 6.07) is 6.22. The maximum Gasteiger partial charge on any atom is 0.0482 e. The fourth-order valence-corrected chi connectivity index (χ4v) is 1.83.